The van der Waals surface area contributed by atoms with Crippen LogP contribution < -0.4 is 0 Å². The zero-order chi connectivity index (χ0) is 21.0. The van der Waals surface area contributed by atoms with Crippen molar-refractivity contribution in [2.75, 3.05) is 14.1 Å². The molecule has 29 heavy (non-hydrogen) atoms. The maximum Gasteiger partial charge on any atom is 0.320 e. The second-order valence-electron chi connectivity index (χ2n) is 7.89. The van der Waals surface area contributed by atoms with Gasteiger partial charge in [0.2, 0.25) is 0 Å². The minimum absolute atomic E-state index is 0.0132. The molecule has 2 amide bonds. The Kier molecular flexibility index (Phi) is 6.37. The van der Waals surface area contributed by atoms with Gasteiger partial charge in [0.05, 0.1) is 18.6 Å². The Morgan fingerprint density at radius 2 is 1.55 bits per heavy atom. The van der Waals surface area contributed by atoms with E-state index in [1.807, 2.05) is 26.6 Å². The van der Waals surface area contributed by atoms with Crippen LogP contribution >= 0.6 is 0 Å². The number of hydrogen-bond donors (Lipinski definition) is 0. The van der Waals surface area contributed by atoms with Gasteiger partial charge in [-0.2, -0.15) is 0 Å². The largest absolute Gasteiger partial charge is 0.333 e. The summed E-state index contributed by atoms with van der Waals surface area (Å²) in [7, 11) is 3.67. The molecule has 0 aliphatic rings. The van der Waals surface area contributed by atoms with Gasteiger partial charge in [-0.25, -0.2) is 9.78 Å². The molecule has 0 saturated heterocycles. The molecule has 0 radical (unpaired) electrons. The van der Waals surface area contributed by atoms with E-state index < -0.39 is 0 Å². The van der Waals surface area contributed by atoms with E-state index in [4.69, 9.17) is 0 Å². The summed E-state index contributed by atoms with van der Waals surface area (Å²) in [5.74, 6) is 0. The summed E-state index contributed by atoms with van der Waals surface area (Å²) in [4.78, 5) is 20.8. The quantitative estimate of drug-likeness (QED) is 0.620. The molecule has 0 fully saturated rings. The van der Waals surface area contributed by atoms with Gasteiger partial charge in [0.25, 0.3) is 0 Å². The Morgan fingerprint density at radius 1 is 0.931 bits per heavy atom. The molecule has 0 saturated carbocycles. The highest BCUT2D eigenvalue weighted by Gasteiger charge is 2.17. The first-order valence-corrected chi connectivity index (χ1v) is 9.91. The van der Waals surface area contributed by atoms with Crippen LogP contribution in [-0.4, -0.2) is 39.5 Å². The summed E-state index contributed by atoms with van der Waals surface area (Å²) in [6, 6.07) is 14.7. The maximum atomic E-state index is 12.8. The van der Waals surface area contributed by atoms with Crippen molar-refractivity contribution in [2.45, 2.75) is 40.4 Å². The fraction of sp³-hybridized carbons (Fsp3) is 0.333. The van der Waals surface area contributed by atoms with Gasteiger partial charge in [0.1, 0.15) is 0 Å². The first-order chi connectivity index (χ1) is 13.8. The normalized spacial score (nSPS) is 10.8. The predicted octanol–water partition coefficient (Wildman–Crippen LogP) is 4.54. The molecule has 0 atom stereocenters. The van der Waals surface area contributed by atoms with E-state index >= 15 is 0 Å². The van der Waals surface area contributed by atoms with Crippen molar-refractivity contribution < 1.29 is 4.79 Å². The monoisotopic (exact) mass is 390 g/mol. The maximum absolute atomic E-state index is 12.8. The molecule has 0 unspecified atom stereocenters. The third-order valence-electron chi connectivity index (χ3n) is 5.26. The number of imidazole rings is 1. The summed E-state index contributed by atoms with van der Waals surface area (Å²) >= 11 is 0. The summed E-state index contributed by atoms with van der Waals surface area (Å²) in [6.45, 7) is 8.12. The lowest BCUT2D eigenvalue weighted by molar-refractivity contribution is 0.168. The van der Waals surface area contributed by atoms with E-state index in [0.717, 1.165) is 12.2 Å². The lowest BCUT2D eigenvalue weighted by atomic mass is 10.0. The fourth-order valence-corrected chi connectivity index (χ4v) is 3.48. The summed E-state index contributed by atoms with van der Waals surface area (Å²) in [5, 5.41) is 0. The van der Waals surface area contributed by atoms with Crippen LogP contribution in [0, 0.1) is 20.8 Å². The molecule has 2 aromatic carbocycles. The molecular formula is C24H30N4O. The van der Waals surface area contributed by atoms with E-state index in [9.17, 15) is 4.79 Å². The minimum atomic E-state index is -0.0132. The lowest BCUT2D eigenvalue weighted by Gasteiger charge is -2.25. The van der Waals surface area contributed by atoms with Crippen molar-refractivity contribution in [2.24, 2.45) is 0 Å². The SMILES string of the molecule is Cc1ccc(Cn2cnc(CN(C)C(=O)N(C)Cc3c(C)cccc3C)c2)cc1. The third-order valence-corrected chi connectivity index (χ3v) is 5.26. The number of hydrogen-bond acceptors (Lipinski definition) is 2. The first kappa shape index (κ1) is 20.6. The lowest BCUT2D eigenvalue weighted by Crippen LogP contribution is -2.38. The zero-order valence-corrected chi connectivity index (χ0v) is 18.0. The highest BCUT2D eigenvalue weighted by Crippen LogP contribution is 2.16. The number of carbonyl (C=O) groups is 1. The van der Waals surface area contributed by atoms with E-state index in [0.29, 0.717) is 13.1 Å². The molecule has 5 heteroatoms. The topological polar surface area (TPSA) is 41.4 Å². The minimum Gasteiger partial charge on any atom is -0.333 e. The standard InChI is InChI=1S/C24H30N4O/c1-18-9-11-21(12-10-18)13-28-15-22(25-17-28)14-26(4)24(29)27(5)16-23-19(2)7-6-8-20(23)3/h6-12,15,17H,13-14,16H2,1-5H3. The van der Waals surface area contributed by atoms with E-state index in [2.05, 4.69) is 72.8 Å². The average Bonchev–Trinajstić information content (AvgIpc) is 3.12. The molecule has 0 aliphatic carbocycles. The number of benzene rings is 2. The predicted molar refractivity (Wildman–Crippen MR) is 117 cm³/mol. The van der Waals surface area contributed by atoms with Gasteiger partial charge in [-0.05, 0) is 43.0 Å². The van der Waals surface area contributed by atoms with Gasteiger partial charge in [-0.1, -0.05) is 48.0 Å². The number of nitrogens with zero attached hydrogens (tertiary/aromatic N) is 4. The fourth-order valence-electron chi connectivity index (χ4n) is 3.48. The van der Waals surface area contributed by atoms with Crippen LogP contribution in [0.3, 0.4) is 0 Å². The van der Waals surface area contributed by atoms with Gasteiger partial charge in [0, 0.05) is 33.4 Å². The Bertz CT molecular complexity index is 955. The molecule has 0 aliphatic heterocycles. The van der Waals surface area contributed by atoms with E-state index in [1.54, 1.807) is 9.80 Å². The summed E-state index contributed by atoms with van der Waals surface area (Å²) in [5.41, 5.74) is 7.00. The average molecular weight is 391 g/mol. The van der Waals surface area contributed by atoms with Gasteiger partial charge in [-0.15, -0.1) is 0 Å². The highest BCUT2D eigenvalue weighted by molar-refractivity contribution is 5.73. The highest BCUT2D eigenvalue weighted by atomic mass is 16.2. The van der Waals surface area contributed by atoms with Crippen LogP contribution in [0.4, 0.5) is 4.79 Å². The Labute approximate surface area is 173 Å². The van der Waals surface area contributed by atoms with Gasteiger partial charge >= 0.3 is 6.03 Å². The van der Waals surface area contributed by atoms with Crippen LogP contribution in [0.2, 0.25) is 0 Å². The Morgan fingerprint density at radius 3 is 2.21 bits per heavy atom. The van der Waals surface area contributed by atoms with Crippen molar-refractivity contribution in [3.05, 3.63) is 88.5 Å². The van der Waals surface area contributed by atoms with Crippen molar-refractivity contribution in [1.82, 2.24) is 19.4 Å². The molecule has 0 spiro atoms. The molecule has 3 rings (SSSR count). The van der Waals surface area contributed by atoms with E-state index in [1.165, 1.54) is 27.8 Å². The molecule has 0 bridgehead atoms. The number of aromatic nitrogens is 2. The molecular weight excluding hydrogens is 360 g/mol. The van der Waals surface area contributed by atoms with Crippen molar-refractivity contribution in [3.8, 4) is 0 Å². The van der Waals surface area contributed by atoms with Crippen molar-refractivity contribution in [1.29, 1.82) is 0 Å². The van der Waals surface area contributed by atoms with Crippen LogP contribution in [0.1, 0.15) is 33.5 Å². The summed E-state index contributed by atoms with van der Waals surface area (Å²) in [6.07, 6.45) is 3.84. The summed E-state index contributed by atoms with van der Waals surface area (Å²) < 4.78 is 2.05. The smallest absolute Gasteiger partial charge is 0.320 e. The van der Waals surface area contributed by atoms with Crippen LogP contribution in [0.25, 0.3) is 0 Å². The molecule has 1 aromatic heterocycles. The molecule has 152 valence electrons. The second-order valence-corrected chi connectivity index (χ2v) is 7.89. The van der Waals surface area contributed by atoms with Gasteiger partial charge in [0.15, 0.2) is 0 Å². The van der Waals surface area contributed by atoms with Crippen molar-refractivity contribution in [3.63, 3.8) is 0 Å². The zero-order valence-electron chi connectivity index (χ0n) is 18.0. The number of carbonyl (C=O) groups excluding carboxylic acids is 1. The number of rotatable bonds is 6. The number of urea groups is 1. The Hall–Kier alpha value is -3.08. The number of aryl methyl sites for hydroxylation is 3. The van der Waals surface area contributed by atoms with E-state index in [-0.39, 0.29) is 6.03 Å². The Balaban J connectivity index is 1.59. The van der Waals surface area contributed by atoms with Crippen LogP contribution in [0.5, 0.6) is 0 Å². The van der Waals surface area contributed by atoms with Gasteiger partial charge in [-0.3, -0.25) is 0 Å². The van der Waals surface area contributed by atoms with Crippen LogP contribution in [0.15, 0.2) is 55.0 Å². The third kappa shape index (κ3) is 5.25. The number of amides is 2. The molecule has 3 aromatic rings. The second kappa shape index (κ2) is 8.95. The molecule has 0 N–H and O–H groups in total. The molecule has 1 heterocycles. The van der Waals surface area contributed by atoms with Crippen LogP contribution in [-0.2, 0) is 19.6 Å². The first-order valence-electron chi connectivity index (χ1n) is 9.91. The van der Waals surface area contributed by atoms with Gasteiger partial charge < -0.3 is 14.4 Å². The van der Waals surface area contributed by atoms with Crippen molar-refractivity contribution >= 4 is 6.03 Å². The molecule has 5 nitrogen and oxygen atoms in total.